The van der Waals surface area contributed by atoms with E-state index in [0.717, 1.165) is 148 Å². The molecule has 20 rings (SSSR count). The largest absolute Gasteiger partial charge is 0.494 e. The van der Waals surface area contributed by atoms with E-state index in [4.69, 9.17) is 18.6 Å². The van der Waals surface area contributed by atoms with Crippen LogP contribution in [0.25, 0.3) is 77.9 Å². The number of benzene rings is 10. The van der Waals surface area contributed by atoms with E-state index in [1.807, 2.05) is 0 Å². The fraction of sp³-hybridized carbons (Fsp3) is 0.368. The number of hydrogen-bond acceptors (Lipinski definition) is 4. The summed E-state index contributed by atoms with van der Waals surface area (Å²) in [6.45, 7) is 73.8. The molecule has 0 aromatic heterocycles. The van der Waals surface area contributed by atoms with Gasteiger partial charge in [-0.1, -0.05) is 229 Å². The zero-order chi connectivity index (χ0) is 86.4. The summed E-state index contributed by atoms with van der Waals surface area (Å²) >= 11 is 7.51. The molecule has 2 spiro atoms. The Kier molecular flexibility index (Phi) is 42.8. The molecule has 0 radical (unpaired) electrons. The average molecular weight is 3940 g/mol. The summed E-state index contributed by atoms with van der Waals surface area (Å²) in [5, 5.41) is 0. The molecule has 0 unspecified atom stereocenters. The smallest absolute Gasteiger partial charge is 0.399 e. The molecule has 10 aliphatic rings. The third kappa shape index (κ3) is 20.3. The Bertz CT molecular complexity index is 5660. The van der Waals surface area contributed by atoms with Crippen LogP contribution >= 0.6 is 31.9 Å². The van der Waals surface area contributed by atoms with Gasteiger partial charge in [-0.15, -0.1) is 0 Å². The summed E-state index contributed by atoms with van der Waals surface area (Å²) in [6.07, 6.45) is 19.1. The van der Waals surface area contributed by atoms with Crippen LogP contribution in [0, 0.1) is 108 Å². The minimum absolute atomic E-state index is 0. The van der Waals surface area contributed by atoms with Crippen LogP contribution in [-0.2, 0) is 304 Å². The van der Waals surface area contributed by atoms with E-state index in [0.29, 0.717) is 0 Å². The predicted octanol–water partition coefficient (Wildman–Crippen LogP) is 28.8. The van der Waals surface area contributed by atoms with Gasteiger partial charge in [-0.25, -0.2) is 0 Å². The molecule has 706 valence electrons. The molecule has 0 amide bonds. The summed E-state index contributed by atoms with van der Waals surface area (Å²) in [6, 6.07) is 66.1. The molecule has 10 aromatic rings. The van der Waals surface area contributed by atoms with Gasteiger partial charge >= 0.3 is 14.2 Å². The summed E-state index contributed by atoms with van der Waals surface area (Å²) in [4.78, 5) is 0. The normalized spacial score (nSPS) is 18.5. The molecule has 20 heteroatoms. The van der Waals surface area contributed by atoms with Crippen molar-refractivity contribution in [1.29, 1.82) is 0 Å². The Hall–Kier alpha value is 1.39. The topological polar surface area (TPSA) is 36.9 Å². The number of fused-ring (bicyclic) bond motifs is 22. The Labute approximate surface area is 995 Å². The van der Waals surface area contributed by atoms with Crippen molar-refractivity contribution in [3.63, 3.8) is 0 Å². The molecule has 4 nitrogen and oxygen atoms in total. The second-order valence-electron chi connectivity index (χ2n) is 40.7. The van der Waals surface area contributed by atoms with Gasteiger partial charge in [0.1, 0.15) is 0 Å². The first-order valence-corrected chi connectivity index (χ1v) is 46.8. The maximum atomic E-state index is 6.39. The van der Waals surface area contributed by atoms with E-state index in [-0.39, 0.29) is 333 Å². The fourth-order valence-corrected chi connectivity index (χ4v) is 25.8. The minimum Gasteiger partial charge on any atom is -0.399 e. The number of halogens is 2. The molecule has 10 aromatic carbocycles. The van der Waals surface area contributed by atoms with Crippen molar-refractivity contribution in [2.45, 2.75) is 253 Å². The molecule has 4 fully saturated rings. The van der Waals surface area contributed by atoms with Gasteiger partial charge in [-0.2, -0.15) is 51.4 Å². The Balaban J connectivity index is 0.000000304. The van der Waals surface area contributed by atoms with E-state index in [2.05, 4.69) is 354 Å². The van der Waals surface area contributed by atoms with Gasteiger partial charge in [0.05, 0.1) is 22.4 Å². The maximum Gasteiger partial charge on any atom is 0.494 e. The Morgan fingerprint density at radius 1 is 0.246 bits per heavy atom. The quantitative estimate of drug-likeness (QED) is 0.0597. The first-order chi connectivity index (χ1) is 58.0. The molecular formula is C114H122B2Br2O4W12-12. The summed E-state index contributed by atoms with van der Waals surface area (Å²) < 4.78 is 27.9. The van der Waals surface area contributed by atoms with E-state index in [1.165, 1.54) is 156 Å². The van der Waals surface area contributed by atoms with Gasteiger partial charge in [-0.3, -0.25) is 10.8 Å². The van der Waals surface area contributed by atoms with Gasteiger partial charge in [0.2, 0.25) is 0 Å². The van der Waals surface area contributed by atoms with E-state index >= 15 is 0 Å². The fourth-order valence-electron chi connectivity index (χ4n) is 25.1. The van der Waals surface area contributed by atoms with Crippen LogP contribution in [0.15, 0.2) is 179 Å². The van der Waals surface area contributed by atoms with E-state index in [1.54, 1.807) is 0 Å². The van der Waals surface area contributed by atoms with Crippen molar-refractivity contribution in [3.05, 3.63) is 340 Å². The average Bonchev–Trinajstić information content (AvgIpc) is 1.55. The molecule has 2 saturated heterocycles. The van der Waals surface area contributed by atoms with Crippen molar-refractivity contribution >= 4 is 57.0 Å². The van der Waals surface area contributed by atoms with E-state index in [9.17, 15) is 0 Å². The molecule has 0 atom stereocenters. The number of rotatable bonds is 19. The molecule has 0 bridgehead atoms. The van der Waals surface area contributed by atoms with E-state index < -0.39 is 0 Å². The van der Waals surface area contributed by atoms with Crippen LogP contribution in [0.3, 0.4) is 0 Å². The predicted molar refractivity (Wildman–Crippen MR) is 520 cm³/mol. The SMILES string of the molecule is [CH2-]C1([CH2-])CC2(C1)c1cc(B3OC(C)(C)C(C)(C)O3)ccc1-c1ccc(B3OC(C)(C)C(C)(C)O3)cc12.[CH2-]CCC1(CC[CH2-])c2cc(Br)ccc2-c2cc3c(cc21)-c1ccc(Br)cc1C3(CC[CH2-])CC[CH2-].[CH2-]CCC1(CC[CH2-])c2cc(C)ccc2-c2cc3c(cc21)-c1ccc(-c2ccc4c(c2)C2(CC([CH2-])([CH2-])C2)c2cc(C)ccc2-4)cc1C3(CC[CH2-])CC[CH2-].[W].[W].[W].[W].[W].[W].[W].[W].[W].[W].[W].[W]. The Morgan fingerprint density at radius 3 is 0.716 bits per heavy atom. The Morgan fingerprint density at radius 2 is 0.448 bits per heavy atom. The minimum atomic E-state index is -0.384. The third-order valence-electron chi connectivity index (χ3n) is 31.6. The summed E-state index contributed by atoms with van der Waals surface area (Å²) in [5.74, 6) is 0. The standard InChI is InChI=1S/C52H52.C32H32Br2.C30H38B2O4.12W/c1-9-21-50(22-10-2)43-25-33(5)14-18-39(43)41-29-48-42(30-47(41)50)40-20-16-35(27-45(40)51(48,23-11-3)24-12-4)36-15-19-38-37-17-13-34(6)26-44(37)52(46(38)28-36)31-49(7,8)32-52;1-5-13-31(14-6-2)27-17-21(33)9-11-23(27)25-20-30-26(19-29(25)31)24-12-10-22(34)18-28(24)32(30,15-7-3)16-8-4;1-25(2)17-30(18-25)23-15-19(31-33-26(3,4)27(5,6)34-31)11-13-21(23)22-14-12-20(16-24(22)30)32-35-28(7,8)29(9,10)36-32;;;;;;;;;;;;/h13-20,25-30H,1-4,7-12,21-24,31-32H2,5-6H3;9-12,17-20H,1-8,13-16H2;11-16H,1-2,17-18H2,3-10H3;;;;;;;;;;;;/q-6;-4;-2;;;;;;;;;;;;. The van der Waals surface area contributed by atoms with Crippen molar-refractivity contribution in [1.82, 2.24) is 0 Å². The van der Waals surface area contributed by atoms with Gasteiger partial charge in [0, 0.05) is 294 Å². The van der Waals surface area contributed by atoms with Crippen LogP contribution in [-0.4, -0.2) is 36.6 Å². The second kappa shape index (κ2) is 46.2. The first kappa shape index (κ1) is 124. The van der Waals surface area contributed by atoms with Crippen LogP contribution in [0.4, 0.5) is 0 Å². The molecule has 134 heavy (non-hydrogen) atoms. The van der Waals surface area contributed by atoms with Crippen LogP contribution in [0.2, 0.25) is 0 Å². The summed E-state index contributed by atoms with van der Waals surface area (Å²) in [5.41, 5.74) is 38.8. The van der Waals surface area contributed by atoms with Crippen molar-refractivity contribution in [3.8, 4) is 77.9 Å². The number of aryl methyl sites for hydroxylation is 2. The van der Waals surface area contributed by atoms with Crippen molar-refractivity contribution in [2.75, 3.05) is 0 Å². The van der Waals surface area contributed by atoms with Gasteiger partial charge in [0.25, 0.3) is 0 Å². The van der Waals surface area contributed by atoms with Crippen LogP contribution in [0.1, 0.15) is 262 Å². The molecule has 0 N–H and O–H groups in total. The second-order valence-corrected chi connectivity index (χ2v) is 42.5. The van der Waals surface area contributed by atoms with Gasteiger partial charge in [0.15, 0.2) is 0 Å². The molecule has 8 aliphatic carbocycles. The monoisotopic (exact) mass is 3940 g/mol. The van der Waals surface area contributed by atoms with Gasteiger partial charge in [-0.05, 0) is 285 Å². The zero-order valence-corrected chi connectivity index (χ0v) is 118. The molecule has 2 heterocycles. The van der Waals surface area contributed by atoms with Gasteiger partial charge < -0.3 is 102 Å². The van der Waals surface area contributed by atoms with Crippen LogP contribution in [0.5, 0.6) is 0 Å². The summed E-state index contributed by atoms with van der Waals surface area (Å²) in [7, 11) is -0.767. The first-order valence-electron chi connectivity index (χ1n) is 45.2. The van der Waals surface area contributed by atoms with Crippen LogP contribution < -0.4 is 10.9 Å². The molecule has 2 aliphatic heterocycles. The molecular weight excluding hydrogens is 3820 g/mol. The number of hydrogen-bond donors (Lipinski definition) is 0. The van der Waals surface area contributed by atoms with Crippen molar-refractivity contribution < 1.29 is 271 Å². The maximum absolute atomic E-state index is 6.39. The molecule has 2 saturated carbocycles. The van der Waals surface area contributed by atoms with Crippen molar-refractivity contribution in [2.24, 2.45) is 10.8 Å². The zero-order valence-electron chi connectivity index (χ0n) is 79.2. The third-order valence-corrected chi connectivity index (χ3v) is 32.6.